The number of rotatable bonds is 0. The second kappa shape index (κ2) is 2.43. The highest BCUT2D eigenvalue weighted by Gasteiger charge is 1.94. The van der Waals surface area contributed by atoms with Crippen molar-refractivity contribution < 1.29 is 0 Å². The standard InChI is InChI=1S/C6H7BrN2/c1-4-3-8-6(7)5(2)9-4/h3H,1-2H3. The largest absolute Gasteiger partial charge is 0.254 e. The van der Waals surface area contributed by atoms with Crippen molar-refractivity contribution in [3.63, 3.8) is 0 Å². The normalized spacial score (nSPS) is 9.67. The summed E-state index contributed by atoms with van der Waals surface area (Å²) in [6, 6.07) is 0. The molecule has 0 aliphatic heterocycles. The zero-order chi connectivity index (χ0) is 6.85. The zero-order valence-electron chi connectivity index (χ0n) is 5.35. The Labute approximate surface area is 62.5 Å². The predicted octanol–water partition coefficient (Wildman–Crippen LogP) is 1.86. The Morgan fingerprint density at radius 1 is 1.44 bits per heavy atom. The summed E-state index contributed by atoms with van der Waals surface area (Å²) in [5.41, 5.74) is 1.89. The van der Waals surface area contributed by atoms with Gasteiger partial charge in [-0.15, -0.1) is 0 Å². The van der Waals surface area contributed by atoms with Gasteiger partial charge in [0.2, 0.25) is 0 Å². The van der Waals surface area contributed by atoms with Gasteiger partial charge in [0.25, 0.3) is 0 Å². The van der Waals surface area contributed by atoms with Crippen molar-refractivity contribution >= 4 is 15.9 Å². The van der Waals surface area contributed by atoms with Crippen molar-refractivity contribution in [2.45, 2.75) is 13.8 Å². The summed E-state index contributed by atoms with van der Waals surface area (Å²) in [6.45, 7) is 3.84. The van der Waals surface area contributed by atoms with E-state index in [9.17, 15) is 0 Å². The number of halogens is 1. The van der Waals surface area contributed by atoms with Crippen LogP contribution in [0.2, 0.25) is 0 Å². The number of hydrogen-bond donors (Lipinski definition) is 0. The molecule has 0 amide bonds. The Bertz CT molecular complexity index is 222. The minimum absolute atomic E-state index is 0.827. The van der Waals surface area contributed by atoms with Crippen molar-refractivity contribution in [1.29, 1.82) is 0 Å². The first-order valence-corrected chi connectivity index (χ1v) is 3.45. The third-order valence-corrected chi connectivity index (χ3v) is 1.79. The molecule has 1 rings (SSSR count). The Hall–Kier alpha value is -0.440. The maximum absolute atomic E-state index is 4.16. The van der Waals surface area contributed by atoms with Gasteiger partial charge in [0.15, 0.2) is 0 Å². The van der Waals surface area contributed by atoms with Crippen LogP contribution < -0.4 is 0 Å². The van der Waals surface area contributed by atoms with Crippen LogP contribution in [-0.4, -0.2) is 9.97 Å². The molecule has 48 valence electrons. The van der Waals surface area contributed by atoms with Gasteiger partial charge in [-0.05, 0) is 29.8 Å². The molecule has 0 fully saturated rings. The van der Waals surface area contributed by atoms with Crippen molar-refractivity contribution in [3.8, 4) is 0 Å². The highest BCUT2D eigenvalue weighted by molar-refractivity contribution is 9.10. The molecule has 0 atom stereocenters. The molecule has 1 aromatic rings. The van der Waals surface area contributed by atoms with Crippen LogP contribution in [0.4, 0.5) is 0 Å². The van der Waals surface area contributed by atoms with Crippen LogP contribution in [-0.2, 0) is 0 Å². The number of nitrogens with zero attached hydrogens (tertiary/aromatic N) is 2. The summed E-state index contributed by atoms with van der Waals surface area (Å²) in [4.78, 5) is 8.20. The van der Waals surface area contributed by atoms with E-state index in [2.05, 4.69) is 25.9 Å². The summed E-state index contributed by atoms with van der Waals surface area (Å²) >= 11 is 3.26. The molecule has 0 aliphatic rings. The predicted molar refractivity (Wildman–Crippen MR) is 39.2 cm³/mol. The second-order valence-electron chi connectivity index (χ2n) is 1.89. The van der Waals surface area contributed by atoms with Crippen LogP contribution in [0, 0.1) is 13.8 Å². The van der Waals surface area contributed by atoms with Crippen molar-refractivity contribution in [1.82, 2.24) is 9.97 Å². The third kappa shape index (κ3) is 1.48. The molecule has 0 bridgehead atoms. The van der Waals surface area contributed by atoms with Crippen molar-refractivity contribution in [2.75, 3.05) is 0 Å². The van der Waals surface area contributed by atoms with E-state index < -0.39 is 0 Å². The van der Waals surface area contributed by atoms with E-state index in [-0.39, 0.29) is 0 Å². The van der Waals surface area contributed by atoms with E-state index in [1.807, 2.05) is 13.8 Å². The lowest BCUT2D eigenvalue weighted by Gasteiger charge is -1.94. The van der Waals surface area contributed by atoms with E-state index in [0.717, 1.165) is 16.0 Å². The Morgan fingerprint density at radius 2 is 2.11 bits per heavy atom. The van der Waals surface area contributed by atoms with Gasteiger partial charge in [-0.3, -0.25) is 4.98 Å². The fourth-order valence-electron chi connectivity index (χ4n) is 0.583. The van der Waals surface area contributed by atoms with Gasteiger partial charge in [-0.25, -0.2) is 4.98 Å². The molecule has 0 spiro atoms. The fourth-order valence-corrected chi connectivity index (χ4v) is 0.774. The molecule has 0 saturated carbocycles. The second-order valence-corrected chi connectivity index (χ2v) is 2.64. The first kappa shape index (κ1) is 6.68. The van der Waals surface area contributed by atoms with Crippen LogP contribution in [0.1, 0.15) is 11.4 Å². The Morgan fingerprint density at radius 3 is 2.56 bits per heavy atom. The summed E-state index contributed by atoms with van der Waals surface area (Å²) in [7, 11) is 0. The average Bonchev–Trinajstić information content (AvgIpc) is 1.80. The lowest BCUT2D eigenvalue weighted by atomic mass is 10.4. The summed E-state index contributed by atoms with van der Waals surface area (Å²) < 4.78 is 0.827. The van der Waals surface area contributed by atoms with Crippen LogP contribution in [0.3, 0.4) is 0 Å². The molecule has 3 heteroatoms. The quantitative estimate of drug-likeness (QED) is 0.619. The number of aromatic nitrogens is 2. The van der Waals surface area contributed by atoms with E-state index in [1.54, 1.807) is 6.20 Å². The first-order valence-electron chi connectivity index (χ1n) is 2.66. The van der Waals surface area contributed by atoms with Gasteiger partial charge < -0.3 is 0 Å². The molecule has 2 nitrogen and oxygen atoms in total. The van der Waals surface area contributed by atoms with Crippen LogP contribution in [0.15, 0.2) is 10.8 Å². The smallest absolute Gasteiger partial charge is 0.127 e. The molecule has 0 saturated heterocycles. The lowest BCUT2D eigenvalue weighted by molar-refractivity contribution is 1.03. The lowest BCUT2D eigenvalue weighted by Crippen LogP contribution is -1.88. The van der Waals surface area contributed by atoms with E-state index >= 15 is 0 Å². The topological polar surface area (TPSA) is 25.8 Å². The van der Waals surface area contributed by atoms with E-state index in [4.69, 9.17) is 0 Å². The Balaban J connectivity index is 3.17. The van der Waals surface area contributed by atoms with Crippen molar-refractivity contribution in [2.24, 2.45) is 0 Å². The van der Waals surface area contributed by atoms with E-state index in [0.29, 0.717) is 0 Å². The highest BCUT2D eigenvalue weighted by Crippen LogP contribution is 2.08. The third-order valence-electron chi connectivity index (χ3n) is 1.01. The minimum atomic E-state index is 0.827. The first-order chi connectivity index (χ1) is 4.20. The molecular formula is C6H7BrN2. The summed E-state index contributed by atoms with van der Waals surface area (Å²) in [5, 5.41) is 0. The van der Waals surface area contributed by atoms with Gasteiger partial charge in [-0.1, -0.05) is 0 Å². The molecule has 0 aliphatic carbocycles. The molecule has 0 radical (unpaired) electrons. The summed E-state index contributed by atoms with van der Waals surface area (Å²) in [6.07, 6.45) is 1.73. The molecule has 1 aromatic heterocycles. The van der Waals surface area contributed by atoms with E-state index in [1.165, 1.54) is 0 Å². The van der Waals surface area contributed by atoms with Gasteiger partial charge in [-0.2, -0.15) is 0 Å². The minimum Gasteiger partial charge on any atom is -0.254 e. The molecule has 9 heavy (non-hydrogen) atoms. The SMILES string of the molecule is Cc1cnc(Br)c(C)n1. The molecule has 1 heterocycles. The summed E-state index contributed by atoms with van der Waals surface area (Å²) in [5.74, 6) is 0. The number of hydrogen-bond acceptors (Lipinski definition) is 2. The molecule has 0 unspecified atom stereocenters. The average molecular weight is 187 g/mol. The van der Waals surface area contributed by atoms with Gasteiger partial charge in [0.1, 0.15) is 4.60 Å². The van der Waals surface area contributed by atoms with Gasteiger partial charge in [0, 0.05) is 6.20 Å². The molecule has 0 aromatic carbocycles. The van der Waals surface area contributed by atoms with Crippen LogP contribution in [0.25, 0.3) is 0 Å². The zero-order valence-corrected chi connectivity index (χ0v) is 6.94. The highest BCUT2D eigenvalue weighted by atomic mass is 79.9. The maximum atomic E-state index is 4.16. The van der Waals surface area contributed by atoms with Gasteiger partial charge >= 0.3 is 0 Å². The molecular weight excluding hydrogens is 180 g/mol. The maximum Gasteiger partial charge on any atom is 0.127 e. The van der Waals surface area contributed by atoms with Crippen molar-refractivity contribution in [3.05, 3.63) is 22.2 Å². The van der Waals surface area contributed by atoms with Crippen LogP contribution in [0.5, 0.6) is 0 Å². The number of aryl methyl sites for hydroxylation is 2. The molecule has 0 N–H and O–H groups in total. The van der Waals surface area contributed by atoms with Crippen LogP contribution >= 0.6 is 15.9 Å². The van der Waals surface area contributed by atoms with Gasteiger partial charge in [0.05, 0.1) is 11.4 Å². The Kier molecular flexibility index (Phi) is 1.81. The monoisotopic (exact) mass is 186 g/mol. The fraction of sp³-hybridized carbons (Fsp3) is 0.333.